The number of nitrogens with zero attached hydrogens (tertiary/aromatic N) is 2. The Hall–Kier alpha value is -0.610. The van der Waals surface area contributed by atoms with Crippen molar-refractivity contribution in [3.8, 4) is 0 Å². The summed E-state index contributed by atoms with van der Waals surface area (Å²) in [5.74, 6) is 0.100. The molecule has 0 bridgehead atoms. The zero-order valence-electron chi connectivity index (χ0n) is 10.6. The Balaban J connectivity index is 1.98. The van der Waals surface area contributed by atoms with Gasteiger partial charge in [0.05, 0.1) is 0 Å². The van der Waals surface area contributed by atoms with Crippen molar-refractivity contribution in [2.75, 3.05) is 33.7 Å². The van der Waals surface area contributed by atoms with E-state index in [4.69, 9.17) is 0 Å². The minimum Gasteiger partial charge on any atom is -0.352 e. The summed E-state index contributed by atoms with van der Waals surface area (Å²) < 4.78 is 0. The highest BCUT2D eigenvalue weighted by molar-refractivity contribution is 5.73. The quantitative estimate of drug-likeness (QED) is 0.697. The minimum atomic E-state index is 0.100. The van der Waals surface area contributed by atoms with Crippen LogP contribution in [0.4, 0.5) is 0 Å². The molecule has 1 N–H and O–H groups in total. The molecule has 1 amide bonds. The average molecular weight is 225 g/mol. The zero-order chi connectivity index (χ0) is 11.8. The smallest absolute Gasteiger partial charge is 0.217 e. The molecule has 16 heavy (non-hydrogen) atoms. The summed E-state index contributed by atoms with van der Waals surface area (Å²) in [6.07, 6.45) is 3.59. The third-order valence-electron chi connectivity index (χ3n) is 4.26. The molecule has 4 nitrogen and oxygen atoms in total. The molecule has 0 saturated carbocycles. The first-order chi connectivity index (χ1) is 7.52. The highest BCUT2D eigenvalue weighted by Crippen LogP contribution is 2.36. The molecular formula is C12H23N3O. The maximum Gasteiger partial charge on any atom is 0.217 e. The van der Waals surface area contributed by atoms with Crippen LogP contribution in [0.1, 0.15) is 26.2 Å². The van der Waals surface area contributed by atoms with E-state index in [1.165, 1.54) is 25.9 Å². The number of likely N-dealkylation sites (N-methyl/N-ethyl adjacent to an activating group) is 1. The Bertz CT molecular complexity index is 271. The summed E-state index contributed by atoms with van der Waals surface area (Å²) in [5.41, 5.74) is 0.347. The first-order valence-corrected chi connectivity index (χ1v) is 6.19. The molecule has 0 radical (unpaired) electrons. The second kappa shape index (κ2) is 4.34. The summed E-state index contributed by atoms with van der Waals surface area (Å²) in [6.45, 7) is 4.97. The molecule has 4 heteroatoms. The lowest BCUT2D eigenvalue weighted by atomic mass is 9.84. The van der Waals surface area contributed by atoms with Crippen LogP contribution in [0.5, 0.6) is 0 Å². The van der Waals surface area contributed by atoms with Gasteiger partial charge in [-0.1, -0.05) is 0 Å². The highest BCUT2D eigenvalue weighted by atomic mass is 16.1. The van der Waals surface area contributed by atoms with Crippen molar-refractivity contribution in [1.29, 1.82) is 0 Å². The van der Waals surface area contributed by atoms with Crippen molar-refractivity contribution < 1.29 is 4.79 Å². The molecule has 0 aliphatic carbocycles. The molecule has 1 spiro atoms. The predicted octanol–water partition coefficient (Wildman–Crippen LogP) is 0.291. The Morgan fingerprint density at radius 3 is 2.50 bits per heavy atom. The van der Waals surface area contributed by atoms with Gasteiger partial charge in [-0.2, -0.15) is 0 Å². The van der Waals surface area contributed by atoms with Crippen LogP contribution in [0, 0.1) is 0 Å². The fourth-order valence-electron chi connectivity index (χ4n) is 3.21. The van der Waals surface area contributed by atoms with E-state index in [1.54, 1.807) is 6.92 Å². The van der Waals surface area contributed by atoms with E-state index in [0.29, 0.717) is 11.6 Å². The van der Waals surface area contributed by atoms with Crippen LogP contribution in [0.3, 0.4) is 0 Å². The number of nitrogens with one attached hydrogen (secondary N) is 1. The van der Waals surface area contributed by atoms with Crippen LogP contribution < -0.4 is 5.32 Å². The largest absolute Gasteiger partial charge is 0.352 e. The van der Waals surface area contributed by atoms with Gasteiger partial charge in [0.25, 0.3) is 0 Å². The first kappa shape index (κ1) is 11.9. The number of hydrogen-bond donors (Lipinski definition) is 1. The third kappa shape index (κ3) is 2.23. The van der Waals surface area contributed by atoms with E-state index in [-0.39, 0.29) is 5.91 Å². The van der Waals surface area contributed by atoms with Gasteiger partial charge in [0.15, 0.2) is 0 Å². The second-order valence-electron chi connectivity index (χ2n) is 5.51. The van der Waals surface area contributed by atoms with Gasteiger partial charge in [-0.05, 0) is 46.4 Å². The molecule has 2 saturated heterocycles. The number of carbonyl (C=O) groups excluding carboxylic acids is 1. The van der Waals surface area contributed by atoms with E-state index in [1.807, 2.05) is 0 Å². The molecular weight excluding hydrogens is 202 g/mol. The summed E-state index contributed by atoms with van der Waals surface area (Å²) in [4.78, 5) is 15.9. The van der Waals surface area contributed by atoms with Crippen LogP contribution in [0.2, 0.25) is 0 Å². The van der Waals surface area contributed by atoms with Crippen LogP contribution in [-0.4, -0.2) is 61.0 Å². The fourth-order valence-corrected chi connectivity index (χ4v) is 3.21. The molecule has 1 atom stereocenters. The van der Waals surface area contributed by atoms with E-state index in [9.17, 15) is 4.79 Å². The molecule has 0 unspecified atom stereocenters. The lowest BCUT2D eigenvalue weighted by Gasteiger charge is -2.42. The molecule has 2 rings (SSSR count). The molecule has 2 aliphatic heterocycles. The van der Waals surface area contributed by atoms with Gasteiger partial charge in [0.2, 0.25) is 5.91 Å². The number of hydrogen-bond acceptors (Lipinski definition) is 3. The van der Waals surface area contributed by atoms with E-state index >= 15 is 0 Å². The third-order valence-corrected chi connectivity index (χ3v) is 4.26. The van der Waals surface area contributed by atoms with E-state index < -0.39 is 0 Å². The molecule has 2 heterocycles. The summed E-state index contributed by atoms with van der Waals surface area (Å²) >= 11 is 0. The summed E-state index contributed by atoms with van der Waals surface area (Å²) in [5, 5.41) is 3.06. The number of rotatable bonds is 1. The van der Waals surface area contributed by atoms with Gasteiger partial charge in [-0.25, -0.2) is 0 Å². The van der Waals surface area contributed by atoms with Gasteiger partial charge in [-0.15, -0.1) is 0 Å². The van der Waals surface area contributed by atoms with Crippen molar-refractivity contribution in [1.82, 2.24) is 15.1 Å². The van der Waals surface area contributed by atoms with Crippen molar-refractivity contribution in [2.24, 2.45) is 0 Å². The number of piperidine rings is 1. The van der Waals surface area contributed by atoms with Gasteiger partial charge in [0, 0.05) is 25.0 Å². The van der Waals surface area contributed by atoms with E-state index in [2.05, 4.69) is 29.2 Å². The molecule has 0 aromatic carbocycles. The number of amides is 1. The van der Waals surface area contributed by atoms with Gasteiger partial charge >= 0.3 is 0 Å². The lowest BCUT2D eigenvalue weighted by Crippen LogP contribution is -2.49. The fraction of sp³-hybridized carbons (Fsp3) is 0.917. The van der Waals surface area contributed by atoms with Gasteiger partial charge < -0.3 is 10.2 Å². The molecule has 92 valence electrons. The Kier molecular flexibility index (Phi) is 3.22. The minimum absolute atomic E-state index is 0.100. The summed E-state index contributed by atoms with van der Waals surface area (Å²) in [6, 6.07) is 0.353. The highest BCUT2D eigenvalue weighted by Gasteiger charge is 2.44. The van der Waals surface area contributed by atoms with Gasteiger partial charge in [-0.3, -0.25) is 9.69 Å². The zero-order valence-corrected chi connectivity index (χ0v) is 10.6. The topological polar surface area (TPSA) is 35.6 Å². The monoisotopic (exact) mass is 225 g/mol. The number of likely N-dealkylation sites (tertiary alicyclic amines) is 2. The average Bonchev–Trinajstić information content (AvgIpc) is 2.48. The second-order valence-corrected chi connectivity index (χ2v) is 5.51. The van der Waals surface area contributed by atoms with Crippen LogP contribution in [0.25, 0.3) is 0 Å². The predicted molar refractivity (Wildman–Crippen MR) is 64.3 cm³/mol. The lowest BCUT2D eigenvalue weighted by molar-refractivity contribution is -0.119. The molecule has 2 fully saturated rings. The maximum atomic E-state index is 11.1. The van der Waals surface area contributed by atoms with Crippen LogP contribution in [-0.2, 0) is 4.79 Å². The SMILES string of the molecule is CC(=O)N[C@@H]1CN(C)C2(CCN(C)CC2)C1. The standard InChI is InChI=1S/C12H23N3O/c1-10(16)13-11-8-12(15(3)9-11)4-6-14(2)7-5-12/h11H,4-9H2,1-3H3,(H,13,16)/t11-/m0/s1. The Morgan fingerprint density at radius 2 is 1.94 bits per heavy atom. The Labute approximate surface area is 98.0 Å². The van der Waals surface area contributed by atoms with Crippen molar-refractivity contribution in [3.05, 3.63) is 0 Å². The first-order valence-electron chi connectivity index (χ1n) is 6.19. The van der Waals surface area contributed by atoms with E-state index in [0.717, 1.165) is 13.0 Å². The molecule has 0 aromatic rings. The van der Waals surface area contributed by atoms with Gasteiger partial charge in [0.1, 0.15) is 0 Å². The van der Waals surface area contributed by atoms with Crippen molar-refractivity contribution >= 4 is 5.91 Å². The normalized spacial score (nSPS) is 30.8. The maximum absolute atomic E-state index is 11.1. The molecule has 2 aliphatic rings. The van der Waals surface area contributed by atoms with Crippen molar-refractivity contribution in [2.45, 2.75) is 37.8 Å². The van der Waals surface area contributed by atoms with Crippen molar-refractivity contribution in [3.63, 3.8) is 0 Å². The Morgan fingerprint density at radius 1 is 1.31 bits per heavy atom. The van der Waals surface area contributed by atoms with Crippen LogP contribution >= 0.6 is 0 Å². The number of carbonyl (C=O) groups is 1. The summed E-state index contributed by atoms with van der Waals surface area (Å²) in [7, 11) is 4.39. The molecule has 0 aromatic heterocycles. The van der Waals surface area contributed by atoms with Crippen LogP contribution in [0.15, 0.2) is 0 Å².